The van der Waals surface area contributed by atoms with E-state index in [9.17, 15) is 0 Å². The zero-order valence-electron chi connectivity index (χ0n) is 14.8. The number of hydrogen-bond donors (Lipinski definition) is 2. The molecule has 6 nitrogen and oxygen atoms in total. The molecule has 0 aliphatic heterocycles. The van der Waals surface area contributed by atoms with Gasteiger partial charge in [-0.2, -0.15) is 0 Å². The molecule has 0 aliphatic rings. The molecule has 0 spiro atoms. The molecule has 3 heterocycles. The van der Waals surface area contributed by atoms with Crippen LogP contribution in [0.3, 0.4) is 0 Å². The third kappa shape index (κ3) is 3.91. The van der Waals surface area contributed by atoms with Crippen molar-refractivity contribution in [2.24, 2.45) is 5.73 Å². The number of aromatic nitrogens is 4. The highest BCUT2D eigenvalue weighted by molar-refractivity contribution is 5.90. The highest BCUT2D eigenvalue weighted by Gasteiger charge is 2.14. The van der Waals surface area contributed by atoms with E-state index in [4.69, 9.17) is 10.7 Å². The molecule has 0 unspecified atom stereocenters. The Kier molecular flexibility index (Phi) is 4.98. The number of hydrogen-bond acceptors (Lipinski definition) is 6. The number of rotatable bonds is 6. The van der Waals surface area contributed by atoms with Crippen LogP contribution < -0.4 is 11.1 Å². The van der Waals surface area contributed by atoms with Crippen molar-refractivity contribution in [1.82, 2.24) is 19.9 Å². The zero-order valence-corrected chi connectivity index (χ0v) is 14.8. The summed E-state index contributed by atoms with van der Waals surface area (Å²) in [5.74, 6) is 1.40. The van der Waals surface area contributed by atoms with Crippen LogP contribution in [0.4, 0.5) is 5.82 Å². The Morgan fingerprint density at radius 3 is 2.44 bits per heavy atom. The lowest BCUT2D eigenvalue weighted by molar-refractivity contribution is 0.721. The lowest BCUT2D eigenvalue weighted by Crippen LogP contribution is -2.31. The molecule has 6 heteroatoms. The molecule has 0 fully saturated rings. The van der Waals surface area contributed by atoms with Gasteiger partial charge in [0.2, 0.25) is 0 Å². The maximum Gasteiger partial charge on any atom is 0.162 e. The Hall–Kier alpha value is -3.38. The first-order valence-electron chi connectivity index (χ1n) is 8.86. The van der Waals surface area contributed by atoms with E-state index in [1.54, 1.807) is 24.8 Å². The molecule has 3 aromatic heterocycles. The molecule has 134 valence electrons. The summed E-state index contributed by atoms with van der Waals surface area (Å²) in [5, 5.41) is 4.44. The average Bonchev–Trinajstić information content (AvgIpc) is 2.74. The molecular weight excluding hydrogens is 336 g/mol. The number of fused-ring (bicyclic) bond motifs is 1. The first-order chi connectivity index (χ1) is 13.3. The molecule has 0 saturated heterocycles. The van der Waals surface area contributed by atoms with Gasteiger partial charge in [-0.25, -0.2) is 9.97 Å². The van der Waals surface area contributed by atoms with E-state index in [2.05, 4.69) is 32.4 Å². The van der Waals surface area contributed by atoms with Crippen LogP contribution in [0.15, 0.2) is 73.3 Å². The minimum Gasteiger partial charge on any atom is -0.365 e. The van der Waals surface area contributed by atoms with Crippen LogP contribution in [0.25, 0.3) is 22.3 Å². The molecule has 1 aromatic carbocycles. The van der Waals surface area contributed by atoms with E-state index >= 15 is 0 Å². The van der Waals surface area contributed by atoms with Crippen LogP contribution in [0, 0.1) is 0 Å². The minimum absolute atomic E-state index is 0.0592. The van der Waals surface area contributed by atoms with Gasteiger partial charge >= 0.3 is 0 Å². The summed E-state index contributed by atoms with van der Waals surface area (Å²) in [4.78, 5) is 17.7. The molecule has 3 N–H and O–H groups in total. The molecule has 0 aliphatic carbocycles. The molecule has 0 amide bonds. The van der Waals surface area contributed by atoms with Gasteiger partial charge in [0.15, 0.2) is 5.82 Å². The van der Waals surface area contributed by atoms with Crippen molar-refractivity contribution in [1.29, 1.82) is 0 Å². The lowest BCUT2D eigenvalue weighted by Gasteiger charge is -2.19. The van der Waals surface area contributed by atoms with E-state index in [1.165, 1.54) is 5.56 Å². The van der Waals surface area contributed by atoms with E-state index in [0.717, 1.165) is 28.7 Å². The number of benzene rings is 1. The van der Waals surface area contributed by atoms with Gasteiger partial charge in [-0.1, -0.05) is 30.3 Å². The summed E-state index contributed by atoms with van der Waals surface area (Å²) in [7, 11) is 0. The molecule has 27 heavy (non-hydrogen) atoms. The zero-order chi connectivity index (χ0) is 18.5. The van der Waals surface area contributed by atoms with Gasteiger partial charge in [0.1, 0.15) is 5.82 Å². The SMILES string of the molecule is NC[C@H](Cc1ccccc1)Nc1nc(-c2ccncc2)nc2cnccc12. The van der Waals surface area contributed by atoms with Crippen molar-refractivity contribution < 1.29 is 0 Å². The number of nitrogens with two attached hydrogens (primary N) is 1. The fourth-order valence-electron chi connectivity index (χ4n) is 3.01. The van der Waals surface area contributed by atoms with Gasteiger partial charge in [0.25, 0.3) is 0 Å². The van der Waals surface area contributed by atoms with Gasteiger partial charge in [0.05, 0.1) is 11.7 Å². The Morgan fingerprint density at radius 1 is 0.889 bits per heavy atom. The molecular formula is C21H20N6. The predicted octanol–water partition coefficient (Wildman–Crippen LogP) is 3.07. The van der Waals surface area contributed by atoms with Gasteiger partial charge in [0, 0.05) is 42.1 Å². The third-order valence-corrected chi connectivity index (χ3v) is 4.39. The Labute approximate surface area is 157 Å². The maximum absolute atomic E-state index is 6.04. The van der Waals surface area contributed by atoms with Crippen molar-refractivity contribution in [2.75, 3.05) is 11.9 Å². The van der Waals surface area contributed by atoms with Crippen molar-refractivity contribution in [3.05, 3.63) is 78.9 Å². The lowest BCUT2D eigenvalue weighted by atomic mass is 10.1. The van der Waals surface area contributed by atoms with E-state index in [1.807, 2.05) is 36.4 Å². The second-order valence-electron chi connectivity index (χ2n) is 6.29. The molecule has 4 rings (SSSR count). The predicted molar refractivity (Wildman–Crippen MR) is 107 cm³/mol. The monoisotopic (exact) mass is 356 g/mol. The normalized spacial score (nSPS) is 12.0. The Bertz CT molecular complexity index is 1020. The average molecular weight is 356 g/mol. The fourth-order valence-corrected chi connectivity index (χ4v) is 3.01. The van der Waals surface area contributed by atoms with Crippen LogP contribution in [-0.2, 0) is 6.42 Å². The standard InChI is InChI=1S/C21H20N6/c22-13-17(12-15-4-2-1-3-5-15)25-21-18-8-11-24-14-19(18)26-20(27-21)16-6-9-23-10-7-16/h1-11,14,17H,12-13,22H2,(H,25,26,27)/t17-/m0/s1. The second kappa shape index (κ2) is 7.88. The molecule has 0 radical (unpaired) electrons. The van der Waals surface area contributed by atoms with Crippen LogP contribution in [0.1, 0.15) is 5.56 Å². The quantitative estimate of drug-likeness (QED) is 0.552. The summed E-state index contributed by atoms with van der Waals surface area (Å²) in [5.41, 5.74) is 8.96. The minimum atomic E-state index is 0.0592. The fraction of sp³-hybridized carbons (Fsp3) is 0.143. The summed E-state index contributed by atoms with van der Waals surface area (Å²) in [6.45, 7) is 0.496. The van der Waals surface area contributed by atoms with Gasteiger partial charge in [-0.3, -0.25) is 9.97 Å². The molecule has 1 atom stereocenters. The number of nitrogens with one attached hydrogen (secondary N) is 1. The Morgan fingerprint density at radius 2 is 1.67 bits per heavy atom. The summed E-state index contributed by atoms with van der Waals surface area (Å²) < 4.78 is 0. The smallest absolute Gasteiger partial charge is 0.162 e. The van der Waals surface area contributed by atoms with E-state index < -0.39 is 0 Å². The highest BCUT2D eigenvalue weighted by Crippen LogP contribution is 2.24. The van der Waals surface area contributed by atoms with Crippen LogP contribution in [0.5, 0.6) is 0 Å². The summed E-state index contributed by atoms with van der Waals surface area (Å²) in [6.07, 6.45) is 7.78. The maximum atomic E-state index is 6.04. The van der Waals surface area contributed by atoms with Gasteiger partial charge in [-0.05, 0) is 30.2 Å². The van der Waals surface area contributed by atoms with Crippen LogP contribution >= 0.6 is 0 Å². The van der Waals surface area contributed by atoms with E-state index in [0.29, 0.717) is 12.4 Å². The van der Waals surface area contributed by atoms with E-state index in [-0.39, 0.29) is 6.04 Å². The summed E-state index contributed by atoms with van der Waals surface area (Å²) in [6, 6.07) is 16.1. The van der Waals surface area contributed by atoms with Crippen LogP contribution in [0.2, 0.25) is 0 Å². The number of anilines is 1. The second-order valence-corrected chi connectivity index (χ2v) is 6.29. The first kappa shape index (κ1) is 17.1. The summed E-state index contributed by atoms with van der Waals surface area (Å²) >= 11 is 0. The van der Waals surface area contributed by atoms with Gasteiger partial charge < -0.3 is 11.1 Å². The first-order valence-corrected chi connectivity index (χ1v) is 8.86. The molecule has 4 aromatic rings. The molecule has 0 bridgehead atoms. The topological polar surface area (TPSA) is 89.6 Å². The molecule has 0 saturated carbocycles. The van der Waals surface area contributed by atoms with Crippen molar-refractivity contribution in [3.63, 3.8) is 0 Å². The number of nitrogens with zero attached hydrogens (tertiary/aromatic N) is 4. The highest BCUT2D eigenvalue weighted by atomic mass is 15.1. The largest absolute Gasteiger partial charge is 0.365 e. The Balaban J connectivity index is 1.71. The number of pyridine rings is 2. The van der Waals surface area contributed by atoms with Crippen LogP contribution in [-0.4, -0.2) is 32.5 Å². The van der Waals surface area contributed by atoms with Gasteiger partial charge in [-0.15, -0.1) is 0 Å². The van der Waals surface area contributed by atoms with Crippen molar-refractivity contribution >= 4 is 16.7 Å². The van der Waals surface area contributed by atoms with Crippen molar-refractivity contribution in [3.8, 4) is 11.4 Å². The van der Waals surface area contributed by atoms with Crippen molar-refractivity contribution in [2.45, 2.75) is 12.5 Å². The third-order valence-electron chi connectivity index (χ3n) is 4.39.